The van der Waals surface area contributed by atoms with E-state index in [1.54, 1.807) is 0 Å². The maximum absolute atomic E-state index is 11.1. The molecule has 1 atom stereocenters. The molecule has 0 aliphatic carbocycles. The molecule has 0 radical (unpaired) electrons. The molecular formula is C15H30O3. The summed E-state index contributed by atoms with van der Waals surface area (Å²) in [6.07, 6.45) is 10.4. The third kappa shape index (κ3) is 10.6. The number of carbonyl (C=O) groups excluding carboxylic acids is 1. The van der Waals surface area contributed by atoms with E-state index in [9.17, 15) is 4.79 Å². The summed E-state index contributed by atoms with van der Waals surface area (Å²) < 4.78 is 10.1. The number of unbranched alkanes of at least 4 members (excludes halogenated alkanes) is 7. The van der Waals surface area contributed by atoms with E-state index in [2.05, 4.69) is 11.7 Å². The van der Waals surface area contributed by atoms with E-state index in [1.807, 2.05) is 6.92 Å². The molecule has 0 saturated heterocycles. The lowest BCUT2D eigenvalue weighted by Gasteiger charge is -2.09. The highest BCUT2D eigenvalue weighted by atomic mass is 16.5. The lowest BCUT2D eigenvalue weighted by molar-refractivity contribution is -0.146. The zero-order valence-corrected chi connectivity index (χ0v) is 12.4. The second-order valence-electron chi connectivity index (χ2n) is 4.97. The highest BCUT2D eigenvalue weighted by Crippen LogP contribution is 2.08. The highest BCUT2D eigenvalue weighted by Gasteiger charge is 2.12. The molecule has 0 saturated carbocycles. The lowest BCUT2D eigenvalue weighted by Crippen LogP contribution is -2.18. The Morgan fingerprint density at radius 2 is 1.56 bits per heavy atom. The molecule has 0 aromatic carbocycles. The Morgan fingerprint density at radius 3 is 2.11 bits per heavy atom. The molecule has 0 aliphatic heterocycles. The molecule has 0 aromatic rings. The summed E-state index contributed by atoms with van der Waals surface area (Å²) in [7, 11) is 1.41. The molecule has 18 heavy (non-hydrogen) atoms. The van der Waals surface area contributed by atoms with Crippen molar-refractivity contribution in [1.29, 1.82) is 0 Å². The van der Waals surface area contributed by atoms with E-state index in [0.717, 1.165) is 13.0 Å². The molecule has 1 unspecified atom stereocenters. The molecule has 108 valence electrons. The van der Waals surface area contributed by atoms with Gasteiger partial charge in [0.1, 0.15) is 0 Å². The van der Waals surface area contributed by atoms with E-state index in [4.69, 9.17) is 4.74 Å². The number of esters is 1. The van der Waals surface area contributed by atoms with Gasteiger partial charge in [-0.1, -0.05) is 51.9 Å². The topological polar surface area (TPSA) is 35.5 Å². The second kappa shape index (κ2) is 12.9. The van der Waals surface area contributed by atoms with Gasteiger partial charge in [0.2, 0.25) is 0 Å². The Bertz CT molecular complexity index is 192. The first-order valence-corrected chi connectivity index (χ1v) is 7.38. The Labute approximate surface area is 112 Å². The van der Waals surface area contributed by atoms with Crippen molar-refractivity contribution in [2.75, 3.05) is 20.3 Å². The predicted molar refractivity (Wildman–Crippen MR) is 74.6 cm³/mol. The van der Waals surface area contributed by atoms with Crippen molar-refractivity contribution in [2.24, 2.45) is 5.92 Å². The Balaban J connectivity index is 3.14. The summed E-state index contributed by atoms with van der Waals surface area (Å²) in [5, 5.41) is 0. The van der Waals surface area contributed by atoms with Gasteiger partial charge in [0.05, 0.1) is 19.6 Å². The van der Waals surface area contributed by atoms with Crippen LogP contribution in [0.1, 0.15) is 65.2 Å². The maximum atomic E-state index is 11.1. The minimum atomic E-state index is -0.189. The van der Waals surface area contributed by atoms with E-state index < -0.39 is 0 Å². The van der Waals surface area contributed by atoms with Gasteiger partial charge in [0.25, 0.3) is 0 Å². The average molecular weight is 258 g/mol. The Hall–Kier alpha value is -0.570. The maximum Gasteiger partial charge on any atom is 0.310 e. The molecule has 0 rings (SSSR count). The number of hydrogen-bond acceptors (Lipinski definition) is 3. The van der Waals surface area contributed by atoms with Gasteiger partial charge in [0, 0.05) is 6.61 Å². The van der Waals surface area contributed by atoms with Crippen LogP contribution >= 0.6 is 0 Å². The molecule has 0 N–H and O–H groups in total. The van der Waals surface area contributed by atoms with Crippen LogP contribution in [-0.2, 0) is 14.3 Å². The van der Waals surface area contributed by atoms with Gasteiger partial charge < -0.3 is 9.47 Å². The summed E-state index contributed by atoms with van der Waals surface area (Å²) in [5.74, 6) is -0.338. The number of ether oxygens (including phenoxy) is 2. The SMILES string of the molecule is CCCCCCCCCCOCC(C)C(=O)OC. The summed E-state index contributed by atoms with van der Waals surface area (Å²) in [6, 6.07) is 0. The van der Waals surface area contributed by atoms with Crippen molar-refractivity contribution in [3.8, 4) is 0 Å². The number of hydrogen-bond donors (Lipinski definition) is 0. The first-order valence-electron chi connectivity index (χ1n) is 7.38. The molecule has 0 fully saturated rings. The first-order chi connectivity index (χ1) is 8.72. The van der Waals surface area contributed by atoms with E-state index >= 15 is 0 Å². The van der Waals surface area contributed by atoms with Gasteiger partial charge in [-0.25, -0.2) is 0 Å². The summed E-state index contributed by atoms with van der Waals surface area (Å²) in [4.78, 5) is 11.1. The molecule has 0 aromatic heterocycles. The Kier molecular flexibility index (Phi) is 12.5. The summed E-state index contributed by atoms with van der Waals surface area (Å²) >= 11 is 0. The second-order valence-corrected chi connectivity index (χ2v) is 4.97. The fourth-order valence-electron chi connectivity index (χ4n) is 1.87. The van der Waals surface area contributed by atoms with Crippen molar-refractivity contribution in [2.45, 2.75) is 65.2 Å². The van der Waals surface area contributed by atoms with Crippen molar-refractivity contribution >= 4 is 5.97 Å². The summed E-state index contributed by atoms with van der Waals surface area (Å²) in [6.45, 7) is 5.31. The van der Waals surface area contributed by atoms with Crippen LogP contribution in [-0.4, -0.2) is 26.3 Å². The van der Waals surface area contributed by atoms with Gasteiger partial charge >= 0.3 is 5.97 Å². The van der Waals surface area contributed by atoms with E-state index in [0.29, 0.717) is 6.61 Å². The monoisotopic (exact) mass is 258 g/mol. The van der Waals surface area contributed by atoms with Crippen LogP contribution in [0.5, 0.6) is 0 Å². The molecule has 0 aliphatic rings. The van der Waals surface area contributed by atoms with Crippen molar-refractivity contribution in [1.82, 2.24) is 0 Å². The fraction of sp³-hybridized carbons (Fsp3) is 0.933. The zero-order valence-electron chi connectivity index (χ0n) is 12.4. The van der Waals surface area contributed by atoms with Crippen LogP contribution in [0.4, 0.5) is 0 Å². The van der Waals surface area contributed by atoms with Crippen molar-refractivity contribution < 1.29 is 14.3 Å². The van der Waals surface area contributed by atoms with Crippen LogP contribution in [0.25, 0.3) is 0 Å². The van der Waals surface area contributed by atoms with Crippen LogP contribution in [0.15, 0.2) is 0 Å². The number of rotatable bonds is 12. The summed E-state index contributed by atoms with van der Waals surface area (Å²) in [5.41, 5.74) is 0. The molecule has 0 amide bonds. The average Bonchev–Trinajstić information content (AvgIpc) is 2.39. The van der Waals surface area contributed by atoms with Gasteiger partial charge in [-0.2, -0.15) is 0 Å². The molecule has 3 nitrogen and oxygen atoms in total. The molecule has 3 heteroatoms. The normalized spacial score (nSPS) is 12.4. The minimum Gasteiger partial charge on any atom is -0.469 e. The van der Waals surface area contributed by atoms with Gasteiger partial charge in [-0.3, -0.25) is 4.79 Å². The van der Waals surface area contributed by atoms with Gasteiger partial charge in [-0.05, 0) is 13.3 Å². The quantitative estimate of drug-likeness (QED) is 0.393. The minimum absolute atomic E-state index is 0.149. The van der Waals surface area contributed by atoms with Crippen molar-refractivity contribution in [3.05, 3.63) is 0 Å². The third-order valence-corrected chi connectivity index (χ3v) is 3.11. The zero-order chi connectivity index (χ0) is 13.6. The van der Waals surface area contributed by atoms with Gasteiger partial charge in [0.15, 0.2) is 0 Å². The standard InChI is InChI=1S/C15H30O3/c1-4-5-6-7-8-9-10-11-12-18-13-14(2)15(16)17-3/h14H,4-13H2,1-3H3. The lowest BCUT2D eigenvalue weighted by atomic mass is 10.1. The molecular weight excluding hydrogens is 228 g/mol. The Morgan fingerprint density at radius 1 is 1.00 bits per heavy atom. The van der Waals surface area contributed by atoms with E-state index in [-0.39, 0.29) is 11.9 Å². The van der Waals surface area contributed by atoms with Gasteiger partial charge in [-0.15, -0.1) is 0 Å². The van der Waals surface area contributed by atoms with Crippen molar-refractivity contribution in [3.63, 3.8) is 0 Å². The van der Waals surface area contributed by atoms with Crippen LogP contribution < -0.4 is 0 Å². The highest BCUT2D eigenvalue weighted by molar-refractivity contribution is 5.71. The predicted octanol–water partition coefficient (Wildman–Crippen LogP) is 3.95. The molecule has 0 bridgehead atoms. The number of methoxy groups -OCH3 is 1. The third-order valence-electron chi connectivity index (χ3n) is 3.11. The van der Waals surface area contributed by atoms with E-state index in [1.165, 1.54) is 52.1 Å². The van der Waals surface area contributed by atoms with Crippen LogP contribution in [0.3, 0.4) is 0 Å². The molecule has 0 spiro atoms. The molecule has 0 heterocycles. The largest absolute Gasteiger partial charge is 0.469 e. The number of carbonyl (C=O) groups is 1. The smallest absolute Gasteiger partial charge is 0.310 e. The van der Waals surface area contributed by atoms with Crippen LogP contribution in [0.2, 0.25) is 0 Å². The first kappa shape index (κ1) is 17.4. The fourth-order valence-corrected chi connectivity index (χ4v) is 1.87. The van der Waals surface area contributed by atoms with Crippen LogP contribution in [0, 0.1) is 5.92 Å².